The highest BCUT2D eigenvalue weighted by Gasteiger charge is 2.26. The Balaban J connectivity index is 1.78. The van der Waals surface area contributed by atoms with Gasteiger partial charge in [-0.2, -0.15) is 0 Å². The van der Waals surface area contributed by atoms with Crippen molar-refractivity contribution in [2.24, 2.45) is 0 Å². The third kappa shape index (κ3) is 4.23. The number of para-hydroxylation sites is 2. The Hall–Kier alpha value is -2.58. The van der Waals surface area contributed by atoms with Gasteiger partial charge >= 0.3 is 0 Å². The molecule has 1 saturated heterocycles. The maximum absolute atomic E-state index is 13.1. The highest BCUT2D eigenvalue weighted by molar-refractivity contribution is 7.89. The van der Waals surface area contributed by atoms with Crippen molar-refractivity contribution in [3.05, 3.63) is 53.6 Å². The van der Waals surface area contributed by atoms with Crippen LogP contribution in [0.3, 0.4) is 0 Å². The van der Waals surface area contributed by atoms with E-state index in [1.165, 1.54) is 20.2 Å². The molecule has 1 aliphatic heterocycles. The molecule has 0 atom stereocenters. The average Bonchev–Trinajstić information content (AvgIpc) is 2.73. The van der Waals surface area contributed by atoms with E-state index in [9.17, 15) is 13.2 Å². The summed E-state index contributed by atoms with van der Waals surface area (Å²) in [5, 5.41) is 0. The molecule has 0 spiro atoms. The highest BCUT2D eigenvalue weighted by Crippen LogP contribution is 2.29. The molecule has 0 unspecified atom stereocenters. The summed E-state index contributed by atoms with van der Waals surface area (Å²) in [6.45, 7) is 4.30. The van der Waals surface area contributed by atoms with Crippen LogP contribution in [0.15, 0.2) is 47.4 Å². The first-order valence-corrected chi connectivity index (χ1v) is 10.9. The minimum Gasteiger partial charge on any atom is -0.495 e. The third-order valence-electron chi connectivity index (χ3n) is 5.21. The van der Waals surface area contributed by atoms with Crippen molar-refractivity contribution >= 4 is 21.6 Å². The second-order valence-electron chi connectivity index (χ2n) is 7.22. The maximum atomic E-state index is 13.1. The lowest BCUT2D eigenvalue weighted by molar-refractivity contribution is 0.0745. The van der Waals surface area contributed by atoms with Gasteiger partial charge in [0.05, 0.1) is 17.7 Å². The molecule has 0 radical (unpaired) electrons. The van der Waals surface area contributed by atoms with Crippen LogP contribution < -0.4 is 9.64 Å². The maximum Gasteiger partial charge on any atom is 0.254 e. The van der Waals surface area contributed by atoms with Gasteiger partial charge in [0.15, 0.2) is 0 Å². The Morgan fingerprint density at radius 2 is 1.69 bits per heavy atom. The molecule has 1 heterocycles. The molecule has 0 saturated carbocycles. The van der Waals surface area contributed by atoms with E-state index in [2.05, 4.69) is 4.90 Å². The lowest BCUT2D eigenvalue weighted by Gasteiger charge is -2.36. The highest BCUT2D eigenvalue weighted by atomic mass is 32.2. The number of anilines is 1. The van der Waals surface area contributed by atoms with Crippen molar-refractivity contribution in [2.75, 3.05) is 52.3 Å². The van der Waals surface area contributed by atoms with Gasteiger partial charge in [-0.25, -0.2) is 12.7 Å². The fourth-order valence-corrected chi connectivity index (χ4v) is 4.34. The number of sulfonamides is 1. The van der Waals surface area contributed by atoms with Gasteiger partial charge in [0.25, 0.3) is 5.91 Å². The van der Waals surface area contributed by atoms with E-state index in [4.69, 9.17) is 4.74 Å². The number of benzene rings is 2. The van der Waals surface area contributed by atoms with E-state index in [-0.39, 0.29) is 10.8 Å². The smallest absolute Gasteiger partial charge is 0.254 e. The van der Waals surface area contributed by atoms with E-state index >= 15 is 0 Å². The molecular formula is C21H27N3O4S. The van der Waals surface area contributed by atoms with E-state index in [1.807, 2.05) is 31.2 Å². The lowest BCUT2D eigenvalue weighted by atomic mass is 10.1. The number of piperazine rings is 1. The van der Waals surface area contributed by atoms with Crippen LogP contribution in [-0.2, 0) is 10.0 Å². The predicted octanol–water partition coefficient (Wildman–Crippen LogP) is 2.22. The van der Waals surface area contributed by atoms with E-state index in [0.29, 0.717) is 31.7 Å². The van der Waals surface area contributed by atoms with Gasteiger partial charge in [0.2, 0.25) is 10.0 Å². The number of amides is 1. The van der Waals surface area contributed by atoms with Crippen LogP contribution in [0.1, 0.15) is 15.9 Å². The first-order chi connectivity index (χ1) is 13.8. The van der Waals surface area contributed by atoms with Gasteiger partial charge in [0, 0.05) is 45.8 Å². The number of ether oxygens (including phenoxy) is 1. The molecular weight excluding hydrogens is 390 g/mol. The molecule has 0 aromatic heterocycles. The van der Waals surface area contributed by atoms with Gasteiger partial charge in [-0.05, 0) is 36.8 Å². The molecule has 2 aromatic rings. The van der Waals surface area contributed by atoms with Gasteiger partial charge < -0.3 is 14.5 Å². The van der Waals surface area contributed by atoms with Crippen LogP contribution in [0.5, 0.6) is 5.75 Å². The summed E-state index contributed by atoms with van der Waals surface area (Å²) in [5.41, 5.74) is 2.20. The largest absolute Gasteiger partial charge is 0.495 e. The molecule has 0 aliphatic carbocycles. The quantitative estimate of drug-likeness (QED) is 0.746. The Morgan fingerprint density at radius 1 is 1.03 bits per heavy atom. The molecule has 29 heavy (non-hydrogen) atoms. The van der Waals surface area contributed by atoms with Gasteiger partial charge in [-0.3, -0.25) is 4.79 Å². The molecule has 0 bridgehead atoms. The number of aryl methyl sites for hydroxylation is 1. The number of methoxy groups -OCH3 is 1. The standard InChI is InChI=1S/C21H27N3O4S/c1-16-9-10-17(29(26,27)22(2)3)15-18(16)21(25)24-13-11-23(12-14-24)19-7-5-6-8-20(19)28-4/h5-10,15H,11-14H2,1-4H3. The topological polar surface area (TPSA) is 70.2 Å². The Morgan fingerprint density at radius 3 is 2.31 bits per heavy atom. The summed E-state index contributed by atoms with van der Waals surface area (Å²) in [6, 6.07) is 12.5. The number of carbonyl (C=O) groups excluding carboxylic acids is 1. The van der Waals surface area contributed by atoms with Gasteiger partial charge in [-0.1, -0.05) is 18.2 Å². The SMILES string of the molecule is COc1ccccc1N1CCN(C(=O)c2cc(S(=O)(=O)N(C)C)ccc2C)CC1. The van der Waals surface area contributed by atoms with Crippen molar-refractivity contribution in [3.8, 4) is 5.75 Å². The second kappa shape index (κ2) is 8.42. The molecule has 1 amide bonds. The Bertz CT molecular complexity index is 997. The summed E-state index contributed by atoms with van der Waals surface area (Å²) in [5.74, 6) is 0.669. The first-order valence-electron chi connectivity index (χ1n) is 9.46. The molecule has 1 aliphatic rings. The minimum absolute atomic E-state index is 0.129. The van der Waals surface area contributed by atoms with Crippen LogP contribution in [-0.4, -0.2) is 70.9 Å². The van der Waals surface area contributed by atoms with Gasteiger partial charge in [-0.15, -0.1) is 0 Å². The molecule has 1 fully saturated rings. The van der Waals surface area contributed by atoms with Crippen LogP contribution in [0.2, 0.25) is 0 Å². The number of rotatable bonds is 5. The van der Waals surface area contributed by atoms with Gasteiger partial charge in [0.1, 0.15) is 5.75 Å². The lowest BCUT2D eigenvalue weighted by Crippen LogP contribution is -2.49. The molecule has 2 aromatic carbocycles. The fraction of sp³-hybridized carbons (Fsp3) is 0.381. The third-order valence-corrected chi connectivity index (χ3v) is 7.02. The average molecular weight is 418 g/mol. The normalized spacial score (nSPS) is 14.9. The molecule has 156 valence electrons. The van der Waals surface area contributed by atoms with Crippen molar-refractivity contribution in [3.63, 3.8) is 0 Å². The second-order valence-corrected chi connectivity index (χ2v) is 9.37. The van der Waals surface area contributed by atoms with Crippen molar-refractivity contribution in [1.29, 1.82) is 0 Å². The Kier molecular flexibility index (Phi) is 6.14. The summed E-state index contributed by atoms with van der Waals surface area (Å²) in [4.78, 5) is 17.2. The number of carbonyl (C=O) groups is 1. The van der Waals surface area contributed by atoms with Crippen molar-refractivity contribution < 1.29 is 17.9 Å². The van der Waals surface area contributed by atoms with E-state index in [0.717, 1.165) is 21.3 Å². The van der Waals surface area contributed by atoms with Crippen LogP contribution in [0, 0.1) is 6.92 Å². The summed E-state index contributed by atoms with van der Waals surface area (Å²) >= 11 is 0. The van der Waals surface area contributed by atoms with E-state index in [1.54, 1.807) is 24.1 Å². The fourth-order valence-electron chi connectivity index (χ4n) is 3.41. The zero-order valence-electron chi connectivity index (χ0n) is 17.3. The summed E-state index contributed by atoms with van der Waals surface area (Å²) in [6.07, 6.45) is 0. The molecule has 0 N–H and O–H groups in total. The predicted molar refractivity (Wildman–Crippen MR) is 113 cm³/mol. The Labute approximate surface area is 172 Å². The van der Waals surface area contributed by atoms with E-state index < -0.39 is 10.0 Å². The number of hydrogen-bond donors (Lipinski definition) is 0. The zero-order valence-corrected chi connectivity index (χ0v) is 18.1. The molecule has 7 nitrogen and oxygen atoms in total. The number of hydrogen-bond acceptors (Lipinski definition) is 5. The first kappa shape index (κ1) is 21.1. The van der Waals surface area contributed by atoms with Crippen LogP contribution in [0.4, 0.5) is 5.69 Å². The van der Waals surface area contributed by atoms with Crippen LogP contribution in [0.25, 0.3) is 0 Å². The number of nitrogens with zero attached hydrogens (tertiary/aromatic N) is 3. The molecule has 3 rings (SSSR count). The molecule has 8 heteroatoms. The van der Waals surface area contributed by atoms with Crippen molar-refractivity contribution in [2.45, 2.75) is 11.8 Å². The monoisotopic (exact) mass is 417 g/mol. The summed E-state index contributed by atoms with van der Waals surface area (Å²) in [7, 11) is 1.02. The van der Waals surface area contributed by atoms with Crippen molar-refractivity contribution in [1.82, 2.24) is 9.21 Å². The summed E-state index contributed by atoms with van der Waals surface area (Å²) < 4.78 is 31.5. The zero-order chi connectivity index (χ0) is 21.2. The minimum atomic E-state index is -3.59. The van der Waals surface area contributed by atoms with Crippen LogP contribution >= 0.6 is 0 Å².